The molecule has 2 aromatic carbocycles. The third kappa shape index (κ3) is 3.45. The average Bonchev–Trinajstić information content (AvgIpc) is 3.29. The number of likely N-dealkylation sites (tertiary alicyclic amines) is 1. The number of carbonyl (C=O) groups is 1. The molecule has 0 saturated carbocycles. The standard InChI is InChI=1S/C20H21FN2O2/c21-18-4-1-14(2-5-18)12-22-20(24)23-9-7-17(13-23)15-3-6-19-16(11-15)8-10-25-19/h1-6,11,17H,7-10,12-13H2,(H,22,24). The number of urea groups is 1. The van der Waals surface area contributed by atoms with E-state index in [1.54, 1.807) is 12.1 Å². The molecule has 4 nitrogen and oxygen atoms in total. The highest BCUT2D eigenvalue weighted by Gasteiger charge is 2.28. The van der Waals surface area contributed by atoms with Crippen molar-refractivity contribution in [1.29, 1.82) is 0 Å². The van der Waals surface area contributed by atoms with E-state index in [0.717, 1.165) is 43.9 Å². The van der Waals surface area contributed by atoms with Crippen molar-refractivity contribution in [2.24, 2.45) is 0 Å². The van der Waals surface area contributed by atoms with Crippen molar-refractivity contribution in [2.45, 2.75) is 25.3 Å². The molecule has 2 aromatic rings. The maximum absolute atomic E-state index is 12.9. The number of nitrogens with zero attached hydrogens (tertiary/aromatic N) is 1. The lowest BCUT2D eigenvalue weighted by Gasteiger charge is -2.18. The van der Waals surface area contributed by atoms with Crippen LogP contribution in [-0.4, -0.2) is 30.6 Å². The molecule has 25 heavy (non-hydrogen) atoms. The molecule has 1 saturated heterocycles. The number of carbonyl (C=O) groups excluding carboxylic acids is 1. The van der Waals surface area contributed by atoms with Gasteiger partial charge in [-0.25, -0.2) is 9.18 Å². The van der Waals surface area contributed by atoms with Gasteiger partial charge in [0.15, 0.2) is 0 Å². The van der Waals surface area contributed by atoms with Crippen molar-refractivity contribution in [2.75, 3.05) is 19.7 Å². The van der Waals surface area contributed by atoms with Crippen LogP contribution < -0.4 is 10.1 Å². The summed E-state index contributed by atoms with van der Waals surface area (Å²) in [5, 5.41) is 2.92. The molecule has 0 aromatic heterocycles. The van der Waals surface area contributed by atoms with E-state index in [9.17, 15) is 9.18 Å². The molecule has 0 bridgehead atoms. The molecule has 1 fully saturated rings. The van der Waals surface area contributed by atoms with Crippen LogP contribution in [-0.2, 0) is 13.0 Å². The van der Waals surface area contributed by atoms with E-state index in [1.807, 2.05) is 4.90 Å². The van der Waals surface area contributed by atoms with Crippen LogP contribution in [0.5, 0.6) is 5.75 Å². The zero-order valence-electron chi connectivity index (χ0n) is 14.0. The lowest BCUT2D eigenvalue weighted by Crippen LogP contribution is -2.37. The summed E-state index contributed by atoms with van der Waals surface area (Å²) in [4.78, 5) is 14.2. The van der Waals surface area contributed by atoms with Gasteiger partial charge in [-0.3, -0.25) is 0 Å². The Bertz CT molecular complexity index is 776. The molecule has 5 heteroatoms. The fourth-order valence-electron chi connectivity index (χ4n) is 3.57. The fraction of sp³-hybridized carbons (Fsp3) is 0.350. The number of hydrogen-bond acceptors (Lipinski definition) is 2. The van der Waals surface area contributed by atoms with Crippen LogP contribution in [0.25, 0.3) is 0 Å². The minimum atomic E-state index is -0.266. The highest BCUT2D eigenvalue weighted by Crippen LogP contribution is 2.32. The van der Waals surface area contributed by atoms with Crippen LogP contribution in [0, 0.1) is 5.82 Å². The molecule has 0 aliphatic carbocycles. The predicted molar refractivity (Wildman–Crippen MR) is 93.2 cm³/mol. The van der Waals surface area contributed by atoms with Gasteiger partial charge in [0.05, 0.1) is 6.61 Å². The first-order chi connectivity index (χ1) is 12.2. The number of rotatable bonds is 3. The summed E-state index contributed by atoms with van der Waals surface area (Å²) in [5.74, 6) is 1.11. The molecule has 2 amide bonds. The summed E-state index contributed by atoms with van der Waals surface area (Å²) >= 11 is 0. The average molecular weight is 340 g/mol. The number of nitrogens with one attached hydrogen (secondary N) is 1. The largest absolute Gasteiger partial charge is 0.493 e. The summed E-state index contributed by atoms with van der Waals surface area (Å²) in [6, 6.07) is 12.5. The lowest BCUT2D eigenvalue weighted by molar-refractivity contribution is 0.208. The minimum Gasteiger partial charge on any atom is -0.493 e. The molecular formula is C20H21FN2O2. The van der Waals surface area contributed by atoms with E-state index in [0.29, 0.717) is 12.5 Å². The van der Waals surface area contributed by atoms with Gasteiger partial charge in [0.1, 0.15) is 11.6 Å². The van der Waals surface area contributed by atoms with E-state index in [4.69, 9.17) is 4.74 Å². The first-order valence-corrected chi connectivity index (χ1v) is 8.72. The second-order valence-corrected chi connectivity index (χ2v) is 6.68. The smallest absolute Gasteiger partial charge is 0.317 e. The summed E-state index contributed by atoms with van der Waals surface area (Å²) in [7, 11) is 0. The number of halogens is 1. The number of ether oxygens (including phenoxy) is 1. The normalized spacial score (nSPS) is 18.8. The SMILES string of the molecule is O=C(NCc1ccc(F)cc1)N1CCC(c2ccc3c(c2)CCO3)C1. The fourth-order valence-corrected chi connectivity index (χ4v) is 3.57. The zero-order valence-corrected chi connectivity index (χ0v) is 14.0. The van der Waals surface area contributed by atoms with Crippen LogP contribution in [0.1, 0.15) is 29.0 Å². The summed E-state index contributed by atoms with van der Waals surface area (Å²) < 4.78 is 18.5. The Morgan fingerprint density at radius 3 is 2.92 bits per heavy atom. The van der Waals surface area contributed by atoms with Crippen LogP contribution >= 0.6 is 0 Å². The molecule has 2 heterocycles. The molecule has 130 valence electrons. The van der Waals surface area contributed by atoms with Crippen molar-refractivity contribution < 1.29 is 13.9 Å². The monoisotopic (exact) mass is 340 g/mol. The Morgan fingerprint density at radius 1 is 1.24 bits per heavy atom. The van der Waals surface area contributed by atoms with Crippen LogP contribution in [0.4, 0.5) is 9.18 Å². The molecular weight excluding hydrogens is 319 g/mol. The van der Waals surface area contributed by atoms with Gasteiger partial charge in [-0.05, 0) is 41.3 Å². The Kier molecular flexibility index (Phi) is 4.30. The Hall–Kier alpha value is -2.56. The third-order valence-electron chi connectivity index (χ3n) is 5.02. The summed E-state index contributed by atoms with van der Waals surface area (Å²) in [5.41, 5.74) is 3.46. The van der Waals surface area contributed by atoms with Crippen LogP contribution in [0.3, 0.4) is 0 Å². The molecule has 2 aliphatic heterocycles. The van der Waals surface area contributed by atoms with E-state index >= 15 is 0 Å². The van der Waals surface area contributed by atoms with Crippen molar-refractivity contribution in [3.05, 3.63) is 65.0 Å². The topological polar surface area (TPSA) is 41.6 Å². The number of amides is 2. The van der Waals surface area contributed by atoms with Gasteiger partial charge >= 0.3 is 6.03 Å². The van der Waals surface area contributed by atoms with Gasteiger partial charge in [0.2, 0.25) is 0 Å². The lowest BCUT2D eigenvalue weighted by atomic mass is 9.96. The first-order valence-electron chi connectivity index (χ1n) is 8.72. The number of benzene rings is 2. The quantitative estimate of drug-likeness (QED) is 0.930. The second kappa shape index (κ2) is 6.75. The summed E-state index contributed by atoms with van der Waals surface area (Å²) in [6.45, 7) is 2.67. The molecule has 1 N–H and O–H groups in total. The van der Waals surface area contributed by atoms with Crippen molar-refractivity contribution in [3.8, 4) is 5.75 Å². The van der Waals surface area contributed by atoms with E-state index in [2.05, 4.69) is 23.5 Å². The van der Waals surface area contributed by atoms with Crippen LogP contribution in [0.2, 0.25) is 0 Å². The van der Waals surface area contributed by atoms with Crippen molar-refractivity contribution in [3.63, 3.8) is 0 Å². The number of fused-ring (bicyclic) bond motifs is 1. The van der Waals surface area contributed by atoms with Gasteiger partial charge in [-0.1, -0.05) is 24.3 Å². The number of hydrogen-bond donors (Lipinski definition) is 1. The van der Waals surface area contributed by atoms with E-state index in [1.165, 1.54) is 23.3 Å². The van der Waals surface area contributed by atoms with Gasteiger partial charge < -0.3 is 15.0 Å². The third-order valence-corrected chi connectivity index (χ3v) is 5.02. The Morgan fingerprint density at radius 2 is 2.08 bits per heavy atom. The molecule has 1 unspecified atom stereocenters. The van der Waals surface area contributed by atoms with E-state index < -0.39 is 0 Å². The first kappa shape index (κ1) is 15.9. The molecule has 1 atom stereocenters. The van der Waals surface area contributed by atoms with Gasteiger partial charge in [-0.2, -0.15) is 0 Å². The highest BCUT2D eigenvalue weighted by atomic mass is 19.1. The van der Waals surface area contributed by atoms with Crippen molar-refractivity contribution in [1.82, 2.24) is 10.2 Å². The highest BCUT2D eigenvalue weighted by molar-refractivity contribution is 5.74. The Balaban J connectivity index is 1.34. The van der Waals surface area contributed by atoms with Crippen LogP contribution in [0.15, 0.2) is 42.5 Å². The minimum absolute atomic E-state index is 0.0590. The van der Waals surface area contributed by atoms with Gasteiger partial charge in [0.25, 0.3) is 0 Å². The molecule has 0 spiro atoms. The predicted octanol–water partition coefficient (Wildman–Crippen LogP) is 3.46. The second-order valence-electron chi connectivity index (χ2n) is 6.68. The maximum atomic E-state index is 12.9. The molecule has 0 radical (unpaired) electrons. The van der Waals surface area contributed by atoms with Gasteiger partial charge in [0, 0.05) is 32.0 Å². The maximum Gasteiger partial charge on any atom is 0.317 e. The molecule has 4 rings (SSSR count). The summed E-state index contributed by atoms with van der Waals surface area (Å²) in [6.07, 6.45) is 1.95. The van der Waals surface area contributed by atoms with Gasteiger partial charge in [-0.15, -0.1) is 0 Å². The van der Waals surface area contributed by atoms with E-state index in [-0.39, 0.29) is 11.8 Å². The molecule has 2 aliphatic rings. The zero-order chi connectivity index (χ0) is 17.2. The van der Waals surface area contributed by atoms with Crippen molar-refractivity contribution >= 4 is 6.03 Å². The Labute approximate surface area is 146 Å².